The van der Waals surface area contributed by atoms with E-state index in [0.717, 1.165) is 54.9 Å². The lowest BCUT2D eigenvalue weighted by molar-refractivity contribution is 0.414. The van der Waals surface area contributed by atoms with E-state index < -0.39 is 0 Å². The van der Waals surface area contributed by atoms with Crippen LogP contribution in [0.2, 0.25) is 0 Å². The van der Waals surface area contributed by atoms with Gasteiger partial charge in [0.15, 0.2) is 0 Å². The summed E-state index contributed by atoms with van der Waals surface area (Å²) in [5.74, 6) is 2.54. The van der Waals surface area contributed by atoms with E-state index in [1.807, 2.05) is 94.3 Å². The Hall–Kier alpha value is -6.26. The second-order valence-electron chi connectivity index (χ2n) is 12.2. The number of rotatable bonds is 15. The molecular weight excluding hydrogens is 721 g/mol. The molecule has 0 radical (unpaired) electrons. The predicted molar refractivity (Wildman–Crippen MR) is 205 cm³/mol. The molecule has 0 aliphatic heterocycles. The highest BCUT2D eigenvalue weighted by molar-refractivity contribution is 8.76. The molecule has 54 heavy (non-hydrogen) atoms. The van der Waals surface area contributed by atoms with Crippen LogP contribution in [0, 0.1) is 0 Å². The number of hydrogen-bond acceptors (Lipinski definition) is 12. The highest BCUT2D eigenvalue weighted by Crippen LogP contribution is 2.44. The average Bonchev–Trinajstić information content (AvgIpc) is 4.03. The Morgan fingerprint density at radius 3 is 1.26 bits per heavy atom. The van der Waals surface area contributed by atoms with Crippen LogP contribution in [0.3, 0.4) is 0 Å². The minimum absolute atomic E-state index is 0.459. The van der Waals surface area contributed by atoms with Crippen LogP contribution in [0.4, 0.5) is 0 Å². The highest BCUT2D eigenvalue weighted by atomic mass is 33.1. The maximum atomic E-state index is 5.30. The molecule has 0 unspecified atom stereocenters. The Bertz CT molecular complexity index is 2260. The number of tetrazole rings is 2. The quantitative estimate of drug-likeness (QED) is 0.107. The first-order valence-corrected chi connectivity index (χ1v) is 19.1. The molecular formula is C38H34N12O2S2. The molecule has 8 rings (SSSR count). The second kappa shape index (κ2) is 16.2. The normalized spacial score (nSPS) is 11.2. The third kappa shape index (κ3) is 8.04. The minimum Gasteiger partial charge on any atom is -0.497 e. The lowest BCUT2D eigenvalue weighted by atomic mass is 10.2. The van der Waals surface area contributed by atoms with E-state index in [0.29, 0.717) is 37.8 Å². The highest BCUT2D eigenvalue weighted by Gasteiger charge is 2.23. The molecule has 0 amide bonds. The fourth-order valence-corrected chi connectivity index (χ4v) is 8.22. The summed E-state index contributed by atoms with van der Waals surface area (Å²) in [5, 5.41) is 38.5. The molecule has 0 fully saturated rings. The number of benzene rings is 4. The number of nitrogens with zero attached hydrogens (tertiary/aromatic N) is 12. The molecule has 270 valence electrons. The maximum Gasteiger partial charge on any atom is 0.209 e. The third-order valence-corrected chi connectivity index (χ3v) is 10.9. The summed E-state index contributed by atoms with van der Waals surface area (Å²) in [4.78, 5) is 3.17. The van der Waals surface area contributed by atoms with Gasteiger partial charge in [-0.1, -0.05) is 84.9 Å². The molecule has 0 N–H and O–H groups in total. The molecule has 0 spiro atoms. The molecule has 0 aliphatic rings. The van der Waals surface area contributed by atoms with Crippen LogP contribution < -0.4 is 9.47 Å². The van der Waals surface area contributed by atoms with Crippen molar-refractivity contribution in [3.63, 3.8) is 0 Å². The van der Waals surface area contributed by atoms with Crippen molar-refractivity contribution in [3.8, 4) is 34.3 Å². The van der Waals surface area contributed by atoms with E-state index in [1.54, 1.807) is 57.8 Å². The Labute approximate surface area is 318 Å². The van der Waals surface area contributed by atoms with E-state index in [4.69, 9.17) is 29.9 Å². The molecule has 0 saturated heterocycles. The van der Waals surface area contributed by atoms with Crippen molar-refractivity contribution in [2.45, 2.75) is 36.2 Å². The Balaban J connectivity index is 1.10. The number of hydrogen-bond donors (Lipinski definition) is 0. The first-order valence-electron chi connectivity index (χ1n) is 17.0. The van der Waals surface area contributed by atoms with Crippen molar-refractivity contribution in [1.29, 1.82) is 0 Å². The van der Waals surface area contributed by atoms with Gasteiger partial charge >= 0.3 is 0 Å². The standard InChI is InChI=1S/C38H34N12O2S2/c1-51-31-17-13-29(14-18-31)25-49-43-35(41-45-49)33-21-39-47(23-27-9-5-3-6-10-27)37(33)53-54-38-34(22-40-48(38)24-28-11-7-4-8-12-28)36-42-46-50(44-36)26-30-15-19-32(52-2)20-16-30/h3-22H,23-26H2,1-2H3. The van der Waals surface area contributed by atoms with Crippen LogP contribution >= 0.6 is 21.6 Å². The molecule has 0 atom stereocenters. The third-order valence-electron chi connectivity index (χ3n) is 8.49. The van der Waals surface area contributed by atoms with Crippen molar-refractivity contribution >= 4 is 21.6 Å². The van der Waals surface area contributed by atoms with Gasteiger partial charge in [-0.15, -0.1) is 20.4 Å². The van der Waals surface area contributed by atoms with Crippen molar-refractivity contribution in [3.05, 3.63) is 144 Å². The van der Waals surface area contributed by atoms with Gasteiger partial charge in [-0.3, -0.25) is 9.36 Å². The van der Waals surface area contributed by atoms with Gasteiger partial charge in [-0.05, 0) is 78.5 Å². The van der Waals surface area contributed by atoms with Crippen molar-refractivity contribution in [1.82, 2.24) is 60.0 Å². The number of methoxy groups -OCH3 is 2. The fourth-order valence-electron chi connectivity index (χ4n) is 5.67. The molecule has 0 bridgehead atoms. The van der Waals surface area contributed by atoms with Gasteiger partial charge in [0, 0.05) is 0 Å². The molecule has 4 aromatic carbocycles. The van der Waals surface area contributed by atoms with E-state index in [9.17, 15) is 0 Å². The largest absolute Gasteiger partial charge is 0.497 e. The summed E-state index contributed by atoms with van der Waals surface area (Å²) < 4.78 is 14.5. The van der Waals surface area contributed by atoms with Crippen molar-refractivity contribution in [2.24, 2.45) is 0 Å². The van der Waals surface area contributed by atoms with Crippen molar-refractivity contribution in [2.75, 3.05) is 14.2 Å². The summed E-state index contributed by atoms with van der Waals surface area (Å²) in [6.07, 6.45) is 3.60. The fraction of sp³-hybridized carbons (Fsp3) is 0.158. The van der Waals surface area contributed by atoms with E-state index in [1.165, 1.54) is 0 Å². The van der Waals surface area contributed by atoms with Gasteiger partial charge in [0.2, 0.25) is 11.6 Å². The van der Waals surface area contributed by atoms with Gasteiger partial charge in [-0.25, -0.2) is 0 Å². The van der Waals surface area contributed by atoms with E-state index >= 15 is 0 Å². The lowest BCUT2D eigenvalue weighted by Gasteiger charge is -2.11. The van der Waals surface area contributed by atoms with Gasteiger partial charge in [0.05, 0.1) is 63.9 Å². The number of ether oxygens (including phenoxy) is 2. The smallest absolute Gasteiger partial charge is 0.209 e. The Kier molecular flexibility index (Phi) is 10.4. The van der Waals surface area contributed by atoms with E-state index in [-0.39, 0.29) is 0 Å². The zero-order valence-corrected chi connectivity index (χ0v) is 31.0. The topological polar surface area (TPSA) is 141 Å². The zero-order valence-electron chi connectivity index (χ0n) is 29.4. The van der Waals surface area contributed by atoms with Crippen LogP contribution in [0.5, 0.6) is 11.5 Å². The molecule has 0 saturated carbocycles. The van der Waals surface area contributed by atoms with Crippen LogP contribution in [0.1, 0.15) is 22.3 Å². The van der Waals surface area contributed by atoms with Gasteiger partial charge in [0.25, 0.3) is 0 Å². The van der Waals surface area contributed by atoms with Crippen LogP contribution in [0.15, 0.2) is 132 Å². The lowest BCUT2D eigenvalue weighted by Crippen LogP contribution is -2.05. The second-order valence-corrected chi connectivity index (χ2v) is 14.3. The van der Waals surface area contributed by atoms with Crippen LogP contribution in [0.25, 0.3) is 22.8 Å². The Morgan fingerprint density at radius 1 is 0.481 bits per heavy atom. The first kappa shape index (κ1) is 34.8. The van der Waals surface area contributed by atoms with Gasteiger partial charge < -0.3 is 9.47 Å². The molecule has 4 heterocycles. The number of aromatic nitrogens is 12. The molecule has 8 aromatic rings. The summed E-state index contributed by atoms with van der Waals surface area (Å²) in [5.41, 5.74) is 5.81. The summed E-state index contributed by atoms with van der Waals surface area (Å²) in [6.45, 7) is 2.03. The maximum absolute atomic E-state index is 5.30. The molecule has 0 aliphatic carbocycles. The molecule has 14 nitrogen and oxygen atoms in total. The van der Waals surface area contributed by atoms with Gasteiger partial charge in [-0.2, -0.15) is 19.8 Å². The molecule has 16 heteroatoms. The zero-order chi connectivity index (χ0) is 36.7. The Morgan fingerprint density at radius 2 is 0.870 bits per heavy atom. The van der Waals surface area contributed by atoms with Crippen LogP contribution in [-0.2, 0) is 26.2 Å². The summed E-state index contributed by atoms with van der Waals surface area (Å²) >= 11 is 0. The first-order chi connectivity index (χ1) is 26.6. The van der Waals surface area contributed by atoms with Crippen molar-refractivity contribution < 1.29 is 9.47 Å². The average molecular weight is 755 g/mol. The van der Waals surface area contributed by atoms with Crippen LogP contribution in [-0.4, -0.2) is 74.2 Å². The monoisotopic (exact) mass is 754 g/mol. The summed E-state index contributed by atoms with van der Waals surface area (Å²) in [6, 6.07) is 36.1. The minimum atomic E-state index is 0.459. The summed E-state index contributed by atoms with van der Waals surface area (Å²) in [7, 11) is 6.39. The van der Waals surface area contributed by atoms with Gasteiger partial charge in [0.1, 0.15) is 21.6 Å². The molecule has 4 aromatic heterocycles. The van der Waals surface area contributed by atoms with E-state index in [2.05, 4.69) is 44.9 Å². The predicted octanol–water partition coefficient (Wildman–Crippen LogP) is 6.40. The SMILES string of the molecule is COc1ccc(Cn2nnc(-c3cnn(Cc4ccccc4)c3SSc3c(-c4nnn(Cc5ccc(OC)cc5)n4)cnn3Cc3ccccc3)n2)cc1.